The SMILES string of the molecule is CC(Cc1cccnc1)NC(=O)c1cc(C(C)(C)C)n2ncnc2n1. The van der Waals surface area contributed by atoms with Crippen molar-refractivity contribution in [3.05, 3.63) is 53.9 Å². The summed E-state index contributed by atoms with van der Waals surface area (Å²) in [5.41, 5.74) is 2.13. The van der Waals surface area contributed by atoms with Crippen molar-refractivity contribution in [3.8, 4) is 0 Å². The Morgan fingerprint density at radius 1 is 1.36 bits per heavy atom. The molecule has 3 rings (SSSR count). The lowest BCUT2D eigenvalue weighted by atomic mass is 9.91. The van der Waals surface area contributed by atoms with Gasteiger partial charge in [0.25, 0.3) is 11.7 Å². The van der Waals surface area contributed by atoms with Crippen molar-refractivity contribution in [2.24, 2.45) is 0 Å². The molecule has 0 radical (unpaired) electrons. The third-order valence-electron chi connectivity index (χ3n) is 3.90. The summed E-state index contributed by atoms with van der Waals surface area (Å²) < 4.78 is 1.68. The van der Waals surface area contributed by atoms with Crippen LogP contribution in [0.15, 0.2) is 36.9 Å². The van der Waals surface area contributed by atoms with Crippen LogP contribution < -0.4 is 5.32 Å². The van der Waals surface area contributed by atoms with Gasteiger partial charge in [-0.3, -0.25) is 9.78 Å². The van der Waals surface area contributed by atoms with E-state index in [1.165, 1.54) is 6.33 Å². The summed E-state index contributed by atoms with van der Waals surface area (Å²) in [7, 11) is 0. The molecular weight excluding hydrogens is 316 g/mol. The average molecular weight is 338 g/mol. The summed E-state index contributed by atoms with van der Waals surface area (Å²) in [4.78, 5) is 25.2. The predicted molar refractivity (Wildman–Crippen MR) is 94.4 cm³/mol. The number of carbonyl (C=O) groups is 1. The summed E-state index contributed by atoms with van der Waals surface area (Å²) in [6, 6.07) is 5.63. The summed E-state index contributed by atoms with van der Waals surface area (Å²) in [5, 5.41) is 7.20. The van der Waals surface area contributed by atoms with Crippen LogP contribution in [0.5, 0.6) is 0 Å². The van der Waals surface area contributed by atoms with Crippen LogP contribution in [0.3, 0.4) is 0 Å². The van der Waals surface area contributed by atoms with E-state index < -0.39 is 0 Å². The molecule has 0 aliphatic carbocycles. The Morgan fingerprint density at radius 3 is 2.84 bits per heavy atom. The Morgan fingerprint density at radius 2 is 2.16 bits per heavy atom. The van der Waals surface area contributed by atoms with Gasteiger partial charge in [0.2, 0.25) is 0 Å². The Bertz CT molecular complexity index is 881. The zero-order valence-electron chi connectivity index (χ0n) is 14.9. The fourth-order valence-electron chi connectivity index (χ4n) is 2.68. The molecule has 3 aromatic rings. The highest BCUT2D eigenvalue weighted by atomic mass is 16.1. The van der Waals surface area contributed by atoms with Crippen molar-refractivity contribution in [2.75, 3.05) is 0 Å². The van der Waals surface area contributed by atoms with Gasteiger partial charge >= 0.3 is 0 Å². The van der Waals surface area contributed by atoms with Gasteiger partial charge < -0.3 is 5.32 Å². The number of fused-ring (bicyclic) bond motifs is 1. The van der Waals surface area contributed by atoms with Crippen LogP contribution in [0.4, 0.5) is 0 Å². The van der Waals surface area contributed by atoms with Crippen molar-refractivity contribution in [1.82, 2.24) is 29.9 Å². The van der Waals surface area contributed by atoms with E-state index in [0.29, 0.717) is 17.9 Å². The van der Waals surface area contributed by atoms with Crippen molar-refractivity contribution in [3.63, 3.8) is 0 Å². The number of aromatic nitrogens is 5. The van der Waals surface area contributed by atoms with Gasteiger partial charge in [-0.2, -0.15) is 10.1 Å². The average Bonchev–Trinajstić information content (AvgIpc) is 3.02. The normalized spacial score (nSPS) is 13.0. The number of hydrogen-bond acceptors (Lipinski definition) is 5. The molecular formula is C18H22N6O. The zero-order chi connectivity index (χ0) is 18.0. The quantitative estimate of drug-likeness (QED) is 0.788. The Hall–Kier alpha value is -2.83. The molecule has 25 heavy (non-hydrogen) atoms. The number of carbonyl (C=O) groups excluding carboxylic acids is 1. The molecule has 3 aromatic heterocycles. The van der Waals surface area contributed by atoms with Gasteiger partial charge in [-0.1, -0.05) is 26.8 Å². The van der Waals surface area contributed by atoms with E-state index in [1.54, 1.807) is 23.0 Å². The third kappa shape index (κ3) is 3.81. The molecule has 1 N–H and O–H groups in total. The second-order valence-corrected chi connectivity index (χ2v) is 7.19. The van der Waals surface area contributed by atoms with Crippen LogP contribution in [0.1, 0.15) is 49.4 Å². The Labute approximate surface area is 146 Å². The van der Waals surface area contributed by atoms with Crippen molar-refractivity contribution in [2.45, 2.75) is 45.6 Å². The molecule has 1 amide bonds. The molecule has 1 atom stereocenters. The monoisotopic (exact) mass is 338 g/mol. The molecule has 7 nitrogen and oxygen atoms in total. The summed E-state index contributed by atoms with van der Waals surface area (Å²) in [5.74, 6) is 0.213. The lowest BCUT2D eigenvalue weighted by Crippen LogP contribution is -2.35. The molecule has 0 saturated heterocycles. The van der Waals surface area contributed by atoms with E-state index in [1.807, 2.05) is 19.1 Å². The predicted octanol–water partition coefficient (Wildman–Crippen LogP) is 2.18. The molecule has 0 spiro atoms. The van der Waals surface area contributed by atoms with Crippen molar-refractivity contribution in [1.29, 1.82) is 0 Å². The largest absolute Gasteiger partial charge is 0.348 e. The number of hydrogen-bond donors (Lipinski definition) is 1. The molecule has 130 valence electrons. The first-order chi connectivity index (χ1) is 11.8. The second-order valence-electron chi connectivity index (χ2n) is 7.19. The molecule has 7 heteroatoms. The van der Waals surface area contributed by atoms with Gasteiger partial charge in [0.1, 0.15) is 12.0 Å². The van der Waals surface area contributed by atoms with Crippen LogP contribution in [0, 0.1) is 0 Å². The highest BCUT2D eigenvalue weighted by Crippen LogP contribution is 2.22. The molecule has 0 aliphatic rings. The minimum Gasteiger partial charge on any atom is -0.348 e. The molecule has 3 heterocycles. The third-order valence-corrected chi connectivity index (χ3v) is 3.90. The molecule has 0 bridgehead atoms. The highest BCUT2D eigenvalue weighted by molar-refractivity contribution is 5.93. The molecule has 0 aliphatic heterocycles. The van der Waals surface area contributed by atoms with E-state index in [9.17, 15) is 4.79 Å². The Balaban J connectivity index is 1.82. The summed E-state index contributed by atoms with van der Waals surface area (Å²) in [6.45, 7) is 8.16. The number of amides is 1. The van der Waals surface area contributed by atoms with E-state index in [0.717, 1.165) is 11.3 Å². The first-order valence-corrected chi connectivity index (χ1v) is 8.25. The number of pyridine rings is 1. The minimum absolute atomic E-state index is 0.0364. The van der Waals surface area contributed by atoms with Crippen LogP contribution in [-0.2, 0) is 11.8 Å². The maximum Gasteiger partial charge on any atom is 0.270 e. The van der Waals surface area contributed by atoms with Gasteiger partial charge in [-0.05, 0) is 31.0 Å². The molecule has 0 saturated carbocycles. The first kappa shape index (κ1) is 17.0. The maximum atomic E-state index is 12.6. The second kappa shape index (κ2) is 6.58. The van der Waals surface area contributed by atoms with Crippen molar-refractivity contribution >= 4 is 11.7 Å². The summed E-state index contributed by atoms with van der Waals surface area (Å²) >= 11 is 0. The Kier molecular flexibility index (Phi) is 4.48. The van der Waals surface area contributed by atoms with Gasteiger partial charge in [0.05, 0.1) is 5.69 Å². The highest BCUT2D eigenvalue weighted by Gasteiger charge is 2.22. The van der Waals surface area contributed by atoms with Gasteiger partial charge in [0.15, 0.2) is 0 Å². The molecule has 0 aromatic carbocycles. The lowest BCUT2D eigenvalue weighted by molar-refractivity contribution is 0.0935. The smallest absolute Gasteiger partial charge is 0.270 e. The summed E-state index contributed by atoms with van der Waals surface area (Å²) in [6.07, 6.45) is 5.70. The first-order valence-electron chi connectivity index (χ1n) is 8.25. The number of nitrogens with one attached hydrogen (secondary N) is 1. The topological polar surface area (TPSA) is 85.1 Å². The van der Waals surface area contributed by atoms with E-state index in [4.69, 9.17) is 0 Å². The van der Waals surface area contributed by atoms with Crippen LogP contribution >= 0.6 is 0 Å². The van der Waals surface area contributed by atoms with E-state index in [2.05, 4.69) is 46.1 Å². The van der Waals surface area contributed by atoms with Gasteiger partial charge in [-0.25, -0.2) is 9.50 Å². The van der Waals surface area contributed by atoms with E-state index >= 15 is 0 Å². The number of nitrogens with zero attached hydrogens (tertiary/aromatic N) is 5. The van der Waals surface area contributed by atoms with Crippen LogP contribution in [0.25, 0.3) is 5.78 Å². The molecule has 1 unspecified atom stereocenters. The fourth-order valence-corrected chi connectivity index (χ4v) is 2.68. The maximum absolute atomic E-state index is 12.6. The number of rotatable bonds is 4. The fraction of sp³-hybridized carbons (Fsp3) is 0.389. The van der Waals surface area contributed by atoms with E-state index in [-0.39, 0.29) is 17.4 Å². The van der Waals surface area contributed by atoms with Crippen LogP contribution in [0.2, 0.25) is 0 Å². The van der Waals surface area contributed by atoms with Crippen molar-refractivity contribution < 1.29 is 4.79 Å². The van der Waals surface area contributed by atoms with Crippen LogP contribution in [-0.4, -0.2) is 36.5 Å². The van der Waals surface area contributed by atoms with Gasteiger partial charge in [-0.15, -0.1) is 0 Å². The zero-order valence-corrected chi connectivity index (χ0v) is 14.9. The van der Waals surface area contributed by atoms with Gasteiger partial charge in [0, 0.05) is 23.9 Å². The molecule has 0 fully saturated rings. The lowest BCUT2D eigenvalue weighted by Gasteiger charge is -2.20. The standard InChI is InChI=1S/C18H22N6O/c1-12(8-13-6-5-7-19-10-13)22-16(25)14-9-15(18(2,3)4)24-17(23-14)20-11-21-24/h5-7,9-12H,8H2,1-4H3,(H,22,25). The minimum atomic E-state index is -0.215.